The lowest BCUT2D eigenvalue weighted by Gasteiger charge is -2.31. The van der Waals surface area contributed by atoms with Gasteiger partial charge >= 0.3 is 0 Å². The van der Waals surface area contributed by atoms with E-state index in [0.29, 0.717) is 0 Å². The van der Waals surface area contributed by atoms with E-state index < -0.39 is 0 Å². The van der Waals surface area contributed by atoms with Crippen LogP contribution >= 0.6 is 0 Å². The van der Waals surface area contributed by atoms with E-state index in [0.717, 1.165) is 52.7 Å². The second-order valence-corrected chi connectivity index (χ2v) is 16.1. The number of anilines is 5. The maximum atomic E-state index is 7.19. The van der Waals surface area contributed by atoms with Crippen molar-refractivity contribution < 1.29 is 4.74 Å². The zero-order chi connectivity index (χ0) is 41.1. The second-order valence-electron chi connectivity index (χ2n) is 16.1. The molecule has 8 aromatic rings. The summed E-state index contributed by atoms with van der Waals surface area (Å²) in [5, 5.41) is 0. The molecule has 0 spiro atoms. The first-order chi connectivity index (χ1) is 30.1. The summed E-state index contributed by atoms with van der Waals surface area (Å²) in [5.41, 5.74) is 17.9. The van der Waals surface area contributed by atoms with Gasteiger partial charge in [-0.15, -0.1) is 0 Å². The van der Waals surface area contributed by atoms with Crippen LogP contribution in [-0.4, -0.2) is 6.10 Å². The van der Waals surface area contributed by atoms with Crippen LogP contribution < -0.4 is 14.5 Å². The standard InChI is InChI=1S/C58H48N2O/c1-41-21-18-19-33-50(41)57-42(2)22-20-34-54(57)60(47-31-16-7-17-32-47)49-39-52(51(44-25-10-4-11-26-44)37-43-23-8-3-9-24-43)58-53-38-48(35-36-55(53)61-56(58)40-49)59(45-27-12-5-13-28-45)46-29-14-6-15-30-46/h3-35,38-40,51,55H,36-37H2,1-2H3/t51-,55?/m0/s1. The highest BCUT2D eigenvalue weighted by Gasteiger charge is 2.37. The van der Waals surface area contributed by atoms with Crippen molar-refractivity contribution in [2.24, 2.45) is 0 Å². The monoisotopic (exact) mass is 788 g/mol. The molecule has 0 radical (unpaired) electrons. The number of nitrogens with zero attached hydrogens (tertiary/aromatic N) is 2. The minimum atomic E-state index is -0.110. The Kier molecular flexibility index (Phi) is 10.4. The smallest absolute Gasteiger partial charge is 0.130 e. The Morgan fingerprint density at radius 2 is 1.08 bits per heavy atom. The van der Waals surface area contributed by atoms with Crippen LogP contribution in [0.4, 0.5) is 28.4 Å². The predicted molar refractivity (Wildman–Crippen MR) is 255 cm³/mol. The first-order valence-electron chi connectivity index (χ1n) is 21.4. The first-order valence-corrected chi connectivity index (χ1v) is 21.4. The Hall–Kier alpha value is -7.36. The molecule has 0 aromatic heterocycles. The van der Waals surface area contributed by atoms with E-state index in [1.54, 1.807) is 0 Å². The lowest BCUT2D eigenvalue weighted by Crippen LogP contribution is -2.21. The number of fused-ring (bicyclic) bond motifs is 3. The molecular weight excluding hydrogens is 741 g/mol. The van der Waals surface area contributed by atoms with Gasteiger partial charge in [-0.3, -0.25) is 0 Å². The van der Waals surface area contributed by atoms with Gasteiger partial charge in [-0.25, -0.2) is 0 Å². The summed E-state index contributed by atoms with van der Waals surface area (Å²) in [5.74, 6) is 0.963. The molecule has 0 bridgehead atoms. The van der Waals surface area contributed by atoms with Gasteiger partial charge in [-0.05, 0) is 108 Å². The van der Waals surface area contributed by atoms with Gasteiger partial charge < -0.3 is 14.5 Å². The van der Waals surface area contributed by atoms with Crippen LogP contribution in [0.5, 0.6) is 5.75 Å². The van der Waals surface area contributed by atoms with Crippen LogP contribution in [0.1, 0.15) is 45.7 Å². The van der Waals surface area contributed by atoms with Gasteiger partial charge in [0.15, 0.2) is 0 Å². The third kappa shape index (κ3) is 7.45. The lowest BCUT2D eigenvalue weighted by molar-refractivity contribution is 0.278. The highest BCUT2D eigenvalue weighted by molar-refractivity contribution is 5.93. The van der Waals surface area contributed by atoms with Crippen molar-refractivity contribution in [1.29, 1.82) is 0 Å². The normalized spacial score (nSPS) is 14.5. The van der Waals surface area contributed by atoms with Gasteiger partial charge in [0, 0.05) is 57.9 Å². The Balaban J connectivity index is 1.22. The van der Waals surface area contributed by atoms with Gasteiger partial charge in [0.05, 0.1) is 11.4 Å². The van der Waals surface area contributed by atoms with E-state index in [9.17, 15) is 0 Å². The molecule has 0 N–H and O–H groups in total. The molecule has 2 atom stereocenters. The zero-order valence-corrected chi connectivity index (χ0v) is 34.7. The summed E-state index contributed by atoms with van der Waals surface area (Å²) in [6, 6.07) is 74.3. The highest BCUT2D eigenvalue weighted by Crippen LogP contribution is 2.52. The van der Waals surface area contributed by atoms with Crippen molar-refractivity contribution in [1.82, 2.24) is 0 Å². The minimum absolute atomic E-state index is 0.0419. The average Bonchev–Trinajstić information content (AvgIpc) is 3.68. The molecule has 1 aliphatic carbocycles. The molecule has 61 heavy (non-hydrogen) atoms. The molecule has 8 aromatic carbocycles. The van der Waals surface area contributed by atoms with Gasteiger partial charge in [0.2, 0.25) is 0 Å². The molecule has 3 nitrogen and oxygen atoms in total. The van der Waals surface area contributed by atoms with Gasteiger partial charge in [-0.1, -0.05) is 158 Å². The van der Waals surface area contributed by atoms with Crippen LogP contribution in [0.25, 0.3) is 16.7 Å². The van der Waals surface area contributed by atoms with Crippen molar-refractivity contribution >= 4 is 34.0 Å². The molecule has 296 valence electrons. The van der Waals surface area contributed by atoms with E-state index in [1.165, 1.54) is 50.1 Å². The number of allylic oxidation sites excluding steroid dienone is 1. The summed E-state index contributed by atoms with van der Waals surface area (Å²) in [6.45, 7) is 4.44. The molecular formula is C58H48N2O. The molecule has 10 rings (SSSR count). The predicted octanol–water partition coefficient (Wildman–Crippen LogP) is 15.1. The Morgan fingerprint density at radius 3 is 1.72 bits per heavy atom. The van der Waals surface area contributed by atoms with Crippen molar-refractivity contribution in [3.8, 4) is 16.9 Å². The number of rotatable bonds is 11. The number of hydrogen-bond donors (Lipinski definition) is 0. The van der Waals surface area contributed by atoms with Crippen molar-refractivity contribution in [2.45, 2.75) is 38.7 Å². The van der Waals surface area contributed by atoms with Gasteiger partial charge in [-0.2, -0.15) is 0 Å². The third-order valence-electron chi connectivity index (χ3n) is 12.2. The quantitative estimate of drug-likeness (QED) is 0.130. The average molecular weight is 789 g/mol. The van der Waals surface area contributed by atoms with Crippen LogP contribution in [0.15, 0.2) is 224 Å². The molecule has 0 fully saturated rings. The molecule has 3 heteroatoms. The maximum Gasteiger partial charge on any atom is 0.130 e. The summed E-state index contributed by atoms with van der Waals surface area (Å²) in [6.07, 6.45) is 6.22. The number of para-hydroxylation sites is 3. The minimum Gasteiger partial charge on any atom is -0.485 e. The molecule has 1 unspecified atom stereocenters. The number of aryl methyl sites for hydroxylation is 2. The fourth-order valence-electron chi connectivity index (χ4n) is 9.34. The van der Waals surface area contributed by atoms with E-state index in [4.69, 9.17) is 4.74 Å². The number of hydrogen-bond acceptors (Lipinski definition) is 3. The van der Waals surface area contributed by atoms with Crippen LogP contribution in [-0.2, 0) is 6.42 Å². The van der Waals surface area contributed by atoms with Gasteiger partial charge in [0.1, 0.15) is 11.9 Å². The van der Waals surface area contributed by atoms with Crippen molar-refractivity contribution in [3.63, 3.8) is 0 Å². The molecule has 2 aliphatic rings. The first kappa shape index (κ1) is 37.9. The molecule has 1 heterocycles. The fourth-order valence-corrected chi connectivity index (χ4v) is 9.34. The van der Waals surface area contributed by atoms with Crippen LogP contribution in [0, 0.1) is 13.8 Å². The largest absolute Gasteiger partial charge is 0.485 e. The third-order valence-corrected chi connectivity index (χ3v) is 12.2. The van der Waals surface area contributed by atoms with E-state index in [-0.39, 0.29) is 12.0 Å². The zero-order valence-electron chi connectivity index (χ0n) is 34.7. The van der Waals surface area contributed by atoms with Gasteiger partial charge in [0.25, 0.3) is 0 Å². The second kappa shape index (κ2) is 16.7. The van der Waals surface area contributed by atoms with Crippen molar-refractivity contribution in [3.05, 3.63) is 257 Å². The molecule has 0 amide bonds. The topological polar surface area (TPSA) is 15.7 Å². The SMILES string of the molecule is Cc1ccccc1-c1c(C)cccc1N(c1ccccc1)c1cc2c(c([C@@H](Cc3ccccc3)c3ccccc3)c1)C1=CC(N(c3ccccc3)c3ccccc3)=CCC1O2. The number of benzene rings is 8. The molecule has 1 aliphatic heterocycles. The highest BCUT2D eigenvalue weighted by atomic mass is 16.5. The summed E-state index contributed by atoms with van der Waals surface area (Å²) in [4.78, 5) is 4.81. The fraction of sp³-hybridized carbons (Fsp3) is 0.103. The Bertz CT molecular complexity index is 2810. The van der Waals surface area contributed by atoms with Crippen LogP contribution in [0.2, 0.25) is 0 Å². The van der Waals surface area contributed by atoms with Crippen LogP contribution in [0.3, 0.4) is 0 Å². The lowest BCUT2D eigenvalue weighted by atomic mass is 9.80. The van der Waals surface area contributed by atoms with E-state index in [2.05, 4.69) is 242 Å². The summed E-state index contributed by atoms with van der Waals surface area (Å²) < 4.78 is 7.19. The molecule has 0 saturated carbocycles. The Labute approximate surface area is 360 Å². The Morgan fingerprint density at radius 1 is 0.525 bits per heavy atom. The maximum absolute atomic E-state index is 7.19. The number of ether oxygens (including phenoxy) is 1. The van der Waals surface area contributed by atoms with E-state index in [1.807, 2.05) is 0 Å². The summed E-state index contributed by atoms with van der Waals surface area (Å²) in [7, 11) is 0. The van der Waals surface area contributed by atoms with Crippen molar-refractivity contribution in [2.75, 3.05) is 9.80 Å². The van der Waals surface area contributed by atoms with E-state index >= 15 is 0 Å². The molecule has 0 saturated heterocycles. The summed E-state index contributed by atoms with van der Waals surface area (Å²) >= 11 is 0.